The minimum absolute atomic E-state index is 0.309. The molecule has 3 aliphatic rings. The maximum Gasteiger partial charge on any atom is 0.0701 e. The zero-order chi connectivity index (χ0) is 31.1. The van der Waals surface area contributed by atoms with E-state index >= 15 is 0 Å². The molecule has 6 aromatic carbocycles. The predicted molar refractivity (Wildman–Crippen MR) is 201 cm³/mol. The van der Waals surface area contributed by atoms with Crippen molar-refractivity contribution in [3.63, 3.8) is 0 Å². The fourth-order valence-electron chi connectivity index (χ4n) is 8.47. The lowest BCUT2D eigenvalue weighted by atomic mass is 9.63. The summed E-state index contributed by atoms with van der Waals surface area (Å²) in [5.74, 6) is 0.445. The third-order valence-electron chi connectivity index (χ3n) is 10.4. The van der Waals surface area contributed by atoms with Gasteiger partial charge in [0.2, 0.25) is 0 Å². The second kappa shape index (κ2) is 10.3. The zero-order valence-electron chi connectivity index (χ0n) is 26.0. The van der Waals surface area contributed by atoms with Crippen LogP contribution in [0.5, 0.6) is 0 Å². The van der Waals surface area contributed by atoms with E-state index in [1.807, 2.05) is 23.1 Å². The summed E-state index contributed by atoms with van der Waals surface area (Å²) in [7, 11) is 0. The molecule has 0 saturated heterocycles. The normalized spacial score (nSPS) is 19.1. The summed E-state index contributed by atoms with van der Waals surface area (Å²) in [4.78, 5) is 2.70. The molecule has 3 heteroatoms. The molecule has 7 aromatic rings. The van der Waals surface area contributed by atoms with Crippen LogP contribution in [0.4, 0.5) is 11.4 Å². The van der Waals surface area contributed by atoms with E-state index in [1.54, 1.807) is 5.57 Å². The van der Waals surface area contributed by atoms with Gasteiger partial charge in [-0.15, -0.1) is 11.3 Å². The van der Waals surface area contributed by atoms with Crippen molar-refractivity contribution >= 4 is 60.2 Å². The molecule has 1 aliphatic heterocycles. The molecule has 0 amide bonds. The fraction of sp³-hybridized carbons (Fsp3) is 0.0909. The molecular formula is C44H31NS2. The van der Waals surface area contributed by atoms with Crippen LogP contribution >= 0.6 is 23.1 Å². The average molecular weight is 638 g/mol. The number of hydrogen-bond donors (Lipinski definition) is 1. The molecule has 1 spiro atoms. The second-order valence-electron chi connectivity index (χ2n) is 13.0. The van der Waals surface area contributed by atoms with Crippen molar-refractivity contribution in [1.82, 2.24) is 0 Å². The van der Waals surface area contributed by atoms with Crippen molar-refractivity contribution in [2.24, 2.45) is 5.92 Å². The van der Waals surface area contributed by atoms with Gasteiger partial charge in [-0.1, -0.05) is 116 Å². The second-order valence-corrected chi connectivity index (χ2v) is 15.1. The number of allylic oxidation sites excluding steroid dienone is 4. The Morgan fingerprint density at radius 3 is 2.28 bits per heavy atom. The van der Waals surface area contributed by atoms with Gasteiger partial charge in [0.05, 0.1) is 5.41 Å². The number of hydrogen-bond acceptors (Lipinski definition) is 3. The average Bonchev–Trinajstić information content (AvgIpc) is 3.64. The number of thiophene rings is 1. The molecule has 10 rings (SSSR count). The Kier molecular flexibility index (Phi) is 6.00. The minimum Gasteiger partial charge on any atom is -0.356 e. The molecule has 1 aromatic heterocycles. The Hall–Kier alpha value is -4.83. The highest BCUT2D eigenvalue weighted by Gasteiger charge is 2.52. The van der Waals surface area contributed by atoms with Gasteiger partial charge in [0.25, 0.3) is 0 Å². The lowest BCUT2D eigenvalue weighted by molar-refractivity contribution is 0.569. The molecule has 0 radical (unpaired) electrons. The van der Waals surface area contributed by atoms with Crippen molar-refractivity contribution in [2.75, 3.05) is 5.32 Å². The summed E-state index contributed by atoms with van der Waals surface area (Å²) < 4.78 is 2.67. The van der Waals surface area contributed by atoms with Gasteiger partial charge in [0.1, 0.15) is 0 Å². The quantitative estimate of drug-likeness (QED) is 0.207. The van der Waals surface area contributed by atoms with Crippen LogP contribution in [0.25, 0.3) is 36.9 Å². The van der Waals surface area contributed by atoms with Crippen LogP contribution in [0.3, 0.4) is 0 Å². The number of benzene rings is 6. The molecule has 2 heterocycles. The van der Waals surface area contributed by atoms with E-state index in [2.05, 4.69) is 158 Å². The lowest BCUT2D eigenvalue weighted by Gasteiger charge is -2.43. The Morgan fingerprint density at radius 2 is 1.36 bits per heavy atom. The van der Waals surface area contributed by atoms with Gasteiger partial charge in [-0.3, -0.25) is 0 Å². The number of rotatable bonds is 3. The highest BCUT2D eigenvalue weighted by Crippen LogP contribution is 2.64. The standard InChI is InChI=1S/C44H31NS2/c1-27-10-8-14-33-32-11-2-4-15-35(32)44(43(27)33)36-16-5-7-18-39(36)47-40-25-24-30(26-37(40)44)45-29-22-20-28(21-23-29)31-13-9-19-41-42(31)34-12-3-6-17-38(34)46-41/h2-9,11-27,45H,10H2,1H3. The molecule has 1 nitrogen and oxygen atoms in total. The van der Waals surface area contributed by atoms with Gasteiger partial charge in [-0.2, -0.15) is 0 Å². The maximum atomic E-state index is 3.79. The van der Waals surface area contributed by atoms with Crippen LogP contribution in [-0.2, 0) is 5.41 Å². The first-order chi connectivity index (χ1) is 23.2. The predicted octanol–water partition coefficient (Wildman–Crippen LogP) is 12.6. The van der Waals surface area contributed by atoms with Gasteiger partial charge in [-0.05, 0) is 105 Å². The zero-order valence-corrected chi connectivity index (χ0v) is 27.6. The van der Waals surface area contributed by atoms with E-state index in [0.717, 1.165) is 17.8 Å². The first-order valence-electron chi connectivity index (χ1n) is 16.4. The molecule has 224 valence electrons. The van der Waals surface area contributed by atoms with Crippen molar-refractivity contribution in [1.29, 1.82) is 0 Å². The molecular weight excluding hydrogens is 607 g/mol. The molecule has 47 heavy (non-hydrogen) atoms. The summed E-state index contributed by atoms with van der Waals surface area (Å²) in [5, 5.41) is 6.48. The minimum atomic E-state index is -0.309. The monoisotopic (exact) mass is 637 g/mol. The first-order valence-corrected chi connectivity index (χ1v) is 18.0. The van der Waals surface area contributed by atoms with Gasteiger partial charge in [0, 0.05) is 41.3 Å². The molecule has 0 bridgehead atoms. The first kappa shape index (κ1) is 27.3. The lowest BCUT2D eigenvalue weighted by Crippen LogP contribution is -2.35. The van der Waals surface area contributed by atoms with Crippen LogP contribution in [0.15, 0.2) is 161 Å². The number of fused-ring (bicyclic) bond motifs is 11. The Labute approximate surface area is 283 Å². The van der Waals surface area contributed by atoms with Crippen molar-refractivity contribution < 1.29 is 0 Å². The topological polar surface area (TPSA) is 12.0 Å². The van der Waals surface area contributed by atoms with Crippen molar-refractivity contribution in [2.45, 2.75) is 28.6 Å². The molecule has 0 saturated carbocycles. The fourth-order valence-corrected chi connectivity index (χ4v) is 10.8. The van der Waals surface area contributed by atoms with E-state index in [-0.39, 0.29) is 5.41 Å². The summed E-state index contributed by atoms with van der Waals surface area (Å²) in [6.45, 7) is 2.42. The molecule has 2 unspecified atom stereocenters. The number of nitrogens with one attached hydrogen (secondary N) is 1. The summed E-state index contributed by atoms with van der Waals surface area (Å²) >= 11 is 3.78. The van der Waals surface area contributed by atoms with Crippen molar-refractivity contribution in [3.8, 4) is 11.1 Å². The molecule has 0 fully saturated rings. The third kappa shape index (κ3) is 3.91. The van der Waals surface area contributed by atoms with Crippen LogP contribution in [0.2, 0.25) is 0 Å². The van der Waals surface area contributed by atoms with Crippen LogP contribution < -0.4 is 5.32 Å². The van der Waals surface area contributed by atoms with Crippen molar-refractivity contribution in [3.05, 3.63) is 173 Å². The van der Waals surface area contributed by atoms with E-state index in [9.17, 15) is 0 Å². The molecule has 2 aliphatic carbocycles. The molecule has 1 N–H and O–H groups in total. The van der Waals surface area contributed by atoms with Crippen LogP contribution in [0, 0.1) is 5.92 Å². The maximum absolute atomic E-state index is 3.79. The van der Waals surface area contributed by atoms with E-state index < -0.39 is 0 Å². The largest absolute Gasteiger partial charge is 0.356 e. The summed E-state index contributed by atoms with van der Waals surface area (Å²) in [6, 6.07) is 49.6. The van der Waals surface area contributed by atoms with Gasteiger partial charge in [-0.25, -0.2) is 0 Å². The number of anilines is 2. The molecule has 2 atom stereocenters. The van der Waals surface area contributed by atoms with Crippen LogP contribution in [0.1, 0.15) is 35.6 Å². The van der Waals surface area contributed by atoms with Gasteiger partial charge < -0.3 is 5.32 Å². The Morgan fingerprint density at radius 1 is 0.638 bits per heavy atom. The summed E-state index contributed by atoms with van der Waals surface area (Å²) in [5.41, 5.74) is 13.0. The SMILES string of the molecule is CC1CC=CC2=C1C1(c3ccccc3Sc3ccc(Nc4ccc(-c5cccc6sc7ccccc7c56)cc4)cc31)c1ccccc12. The highest BCUT2D eigenvalue weighted by molar-refractivity contribution is 7.99. The van der Waals surface area contributed by atoms with E-state index in [1.165, 1.54) is 68.9 Å². The van der Waals surface area contributed by atoms with Crippen LogP contribution in [-0.4, -0.2) is 0 Å². The van der Waals surface area contributed by atoms with Gasteiger partial charge >= 0.3 is 0 Å². The highest BCUT2D eigenvalue weighted by atomic mass is 32.2. The van der Waals surface area contributed by atoms with E-state index in [4.69, 9.17) is 0 Å². The van der Waals surface area contributed by atoms with Gasteiger partial charge in [0.15, 0.2) is 0 Å². The smallest absolute Gasteiger partial charge is 0.0701 e. The van der Waals surface area contributed by atoms with E-state index in [0.29, 0.717) is 5.92 Å². The summed E-state index contributed by atoms with van der Waals surface area (Å²) in [6.07, 6.45) is 5.82. The Bertz CT molecular complexity index is 2460. The Balaban J connectivity index is 1.08. The third-order valence-corrected chi connectivity index (χ3v) is 12.7.